The normalized spacial score (nSPS) is 32.6. The first kappa shape index (κ1) is 27.7. The van der Waals surface area contributed by atoms with Gasteiger partial charge in [0.2, 0.25) is 11.8 Å². The molecule has 6 atom stereocenters. The maximum absolute atomic E-state index is 14.0. The number of anilines is 1. The van der Waals surface area contributed by atoms with Gasteiger partial charge in [0.1, 0.15) is 5.75 Å². The summed E-state index contributed by atoms with van der Waals surface area (Å²) in [4.78, 5) is 65.1. The van der Waals surface area contributed by atoms with Crippen molar-refractivity contribution in [3.05, 3.63) is 70.3 Å². The van der Waals surface area contributed by atoms with Crippen LogP contribution in [0.25, 0.3) is 0 Å². The zero-order valence-corrected chi connectivity index (χ0v) is 24.4. The van der Waals surface area contributed by atoms with E-state index in [0.717, 1.165) is 9.80 Å². The van der Waals surface area contributed by atoms with Crippen LogP contribution < -0.4 is 4.90 Å². The van der Waals surface area contributed by atoms with Crippen LogP contribution in [0.2, 0.25) is 0 Å². The van der Waals surface area contributed by atoms with E-state index in [4.69, 9.17) is 23.2 Å². The Labute approximate surface area is 246 Å². The lowest BCUT2D eigenvalue weighted by Gasteiger charge is -2.51. The molecule has 0 aromatic heterocycles. The number of aryl methyl sites for hydroxylation is 2. The molecule has 1 saturated carbocycles. The van der Waals surface area contributed by atoms with E-state index in [1.165, 1.54) is 14.0 Å². The van der Waals surface area contributed by atoms with Gasteiger partial charge in [-0.05, 0) is 80.5 Å². The van der Waals surface area contributed by atoms with Gasteiger partial charge in [-0.3, -0.25) is 33.8 Å². The number of amides is 4. The van der Waals surface area contributed by atoms with Gasteiger partial charge in [-0.1, -0.05) is 23.8 Å². The van der Waals surface area contributed by atoms with Gasteiger partial charge >= 0.3 is 0 Å². The van der Waals surface area contributed by atoms with E-state index >= 15 is 0 Å². The van der Waals surface area contributed by atoms with Crippen LogP contribution in [0.4, 0.5) is 5.69 Å². The lowest BCUT2D eigenvalue weighted by Crippen LogP contribution is -2.60. The fourth-order valence-electron chi connectivity index (χ4n) is 7.37. The third kappa shape index (κ3) is 3.50. The van der Waals surface area contributed by atoms with Crippen molar-refractivity contribution in [1.29, 1.82) is 0 Å². The van der Waals surface area contributed by atoms with Gasteiger partial charge in [-0.15, -0.1) is 23.2 Å². The minimum absolute atomic E-state index is 0.0946. The number of alkyl halides is 2. The zero-order chi connectivity index (χ0) is 29.8. The molecule has 2 aliphatic heterocycles. The molecule has 3 fully saturated rings. The lowest BCUT2D eigenvalue weighted by atomic mass is 9.56. The summed E-state index contributed by atoms with van der Waals surface area (Å²) in [6, 6.07) is 9.75. The van der Waals surface area contributed by atoms with E-state index in [-0.39, 0.29) is 30.3 Å². The molecule has 6 rings (SSSR count). The van der Waals surface area contributed by atoms with Gasteiger partial charge in [0.15, 0.2) is 15.5 Å². The summed E-state index contributed by atoms with van der Waals surface area (Å²) < 4.78 is 0. The number of likely N-dealkylation sites (tertiary alicyclic amines) is 1. The summed E-state index contributed by atoms with van der Waals surface area (Å²) in [5.74, 6) is -5.11. The van der Waals surface area contributed by atoms with Crippen LogP contribution in [0, 0.1) is 31.6 Å². The number of hydrogen-bond acceptors (Lipinski definition) is 6. The monoisotopic (exact) mass is 594 g/mol. The maximum atomic E-state index is 14.0. The van der Waals surface area contributed by atoms with Gasteiger partial charge in [0.05, 0.1) is 17.5 Å². The van der Waals surface area contributed by atoms with Crippen molar-refractivity contribution >= 4 is 58.3 Å². The van der Waals surface area contributed by atoms with Gasteiger partial charge in [-0.2, -0.15) is 0 Å². The molecule has 0 bridgehead atoms. The maximum Gasteiger partial charge on any atom is 0.253 e. The number of ketones is 1. The second kappa shape index (κ2) is 9.00. The van der Waals surface area contributed by atoms with E-state index in [1.807, 2.05) is 6.08 Å². The Bertz CT molecular complexity index is 1590. The molecule has 2 heterocycles. The number of phenols is 1. The molecule has 0 spiro atoms. The van der Waals surface area contributed by atoms with E-state index in [2.05, 4.69) is 0 Å². The average Bonchev–Trinajstić information content (AvgIpc) is 3.26. The van der Waals surface area contributed by atoms with Crippen molar-refractivity contribution in [2.45, 2.75) is 49.3 Å². The number of carbonyl (C=O) groups excluding carboxylic acids is 5. The number of allylic oxidation sites excluding steroid dienone is 2. The van der Waals surface area contributed by atoms with Gasteiger partial charge in [0, 0.05) is 18.5 Å². The quantitative estimate of drug-likeness (QED) is 0.244. The van der Waals surface area contributed by atoms with E-state index in [0.29, 0.717) is 33.5 Å². The number of Topliss-reactive ketones (excluding diaryl/α,β-unsaturated/α-hetero) is 1. The summed E-state index contributed by atoms with van der Waals surface area (Å²) in [6.45, 7) is 4.90. The number of halogens is 2. The zero-order valence-electron chi connectivity index (χ0n) is 22.9. The summed E-state index contributed by atoms with van der Waals surface area (Å²) in [6.07, 6.45) is 2.02. The minimum atomic E-state index is -1.88. The van der Waals surface area contributed by atoms with Crippen molar-refractivity contribution in [3.63, 3.8) is 0 Å². The van der Waals surface area contributed by atoms with Gasteiger partial charge in [0.25, 0.3) is 11.8 Å². The van der Waals surface area contributed by atoms with Crippen LogP contribution >= 0.6 is 23.2 Å². The molecule has 0 radical (unpaired) electrons. The number of nitrogens with zero attached hydrogens (tertiary/aromatic N) is 2. The Balaban J connectivity index is 1.50. The van der Waals surface area contributed by atoms with Crippen LogP contribution in [0.5, 0.6) is 5.75 Å². The van der Waals surface area contributed by atoms with Crippen molar-refractivity contribution < 1.29 is 29.1 Å². The molecule has 2 saturated heterocycles. The van der Waals surface area contributed by atoms with Crippen LogP contribution in [-0.4, -0.2) is 56.2 Å². The second-order valence-corrected chi connectivity index (χ2v) is 12.9. The molecule has 4 amide bonds. The first-order chi connectivity index (χ1) is 19.2. The molecule has 1 N–H and O–H groups in total. The molecular weight excluding hydrogens is 567 g/mol. The number of imide groups is 2. The number of rotatable bonds is 3. The van der Waals surface area contributed by atoms with Crippen LogP contribution in [-0.2, 0) is 19.2 Å². The van der Waals surface area contributed by atoms with E-state index < -0.39 is 51.1 Å². The van der Waals surface area contributed by atoms with E-state index in [1.54, 1.807) is 50.2 Å². The Kier molecular flexibility index (Phi) is 6.08. The third-order valence-corrected chi connectivity index (χ3v) is 10.8. The van der Waals surface area contributed by atoms with Crippen molar-refractivity contribution in [2.75, 3.05) is 11.9 Å². The van der Waals surface area contributed by atoms with Crippen LogP contribution in [0.1, 0.15) is 52.7 Å². The molecule has 212 valence electrons. The largest absolute Gasteiger partial charge is 0.507 e. The van der Waals surface area contributed by atoms with Crippen LogP contribution in [0.3, 0.4) is 0 Å². The van der Waals surface area contributed by atoms with Crippen molar-refractivity contribution in [2.24, 2.45) is 17.8 Å². The Hall–Kier alpha value is -3.49. The second-order valence-electron chi connectivity index (χ2n) is 11.6. The molecular formula is C31H28Cl2N2O6. The Morgan fingerprint density at radius 1 is 0.951 bits per heavy atom. The number of aromatic hydroxyl groups is 1. The van der Waals surface area contributed by atoms with E-state index in [9.17, 15) is 29.1 Å². The first-order valence-corrected chi connectivity index (χ1v) is 14.2. The van der Waals surface area contributed by atoms with Crippen LogP contribution in [0.15, 0.2) is 48.0 Å². The number of benzene rings is 2. The smallest absolute Gasteiger partial charge is 0.253 e. The molecule has 10 heteroatoms. The Morgan fingerprint density at radius 3 is 2.15 bits per heavy atom. The highest BCUT2D eigenvalue weighted by atomic mass is 35.5. The average molecular weight is 595 g/mol. The highest BCUT2D eigenvalue weighted by molar-refractivity contribution is 6.53. The SMILES string of the molecule is CC(=O)c1ccc(N2C(=O)[C@H]3[C@H](CC=C4[C@H]3C[C@@]3(Cl)C(=O)N(C)C(=O)[C@@]3(Cl)[C@H]4c3cc(C)c(O)c(C)c3)C2=O)cc1. The summed E-state index contributed by atoms with van der Waals surface area (Å²) in [7, 11) is 1.35. The summed E-state index contributed by atoms with van der Waals surface area (Å²) in [5.41, 5.74) is 3.23. The standard InChI is InChI=1S/C31H28Cl2N2O6/c1-14-11-18(12-15(2)25(14)37)24-20-9-10-21-23(22(20)13-30(32)28(40)34(4)29(41)31(24,30)33)27(39)35(26(21)38)19-7-5-17(6-8-19)16(3)36/h5-9,11-12,21-24,37H,10,13H2,1-4H3/t21-,22+,23-,24-,30+,31-/m0/s1. The summed E-state index contributed by atoms with van der Waals surface area (Å²) in [5, 5.41) is 10.5. The number of hydrogen-bond donors (Lipinski definition) is 1. The predicted octanol–water partition coefficient (Wildman–Crippen LogP) is 4.40. The molecule has 0 unspecified atom stereocenters. The van der Waals surface area contributed by atoms with Crippen molar-refractivity contribution in [3.8, 4) is 5.75 Å². The number of carbonyl (C=O) groups is 5. The topological polar surface area (TPSA) is 112 Å². The molecule has 2 aliphatic carbocycles. The fraction of sp³-hybridized carbons (Fsp3) is 0.387. The third-order valence-electron chi connectivity index (χ3n) is 9.39. The molecule has 8 nitrogen and oxygen atoms in total. The number of phenolic OH excluding ortho intramolecular Hbond substituents is 1. The molecule has 41 heavy (non-hydrogen) atoms. The highest BCUT2D eigenvalue weighted by Crippen LogP contribution is 2.65. The number of fused-ring (bicyclic) bond motifs is 4. The molecule has 2 aromatic carbocycles. The summed E-state index contributed by atoms with van der Waals surface area (Å²) >= 11 is 14.4. The molecule has 2 aromatic rings. The first-order valence-electron chi connectivity index (χ1n) is 13.4. The highest BCUT2D eigenvalue weighted by Gasteiger charge is 2.75. The Morgan fingerprint density at radius 2 is 1.56 bits per heavy atom. The van der Waals surface area contributed by atoms with Crippen molar-refractivity contribution in [1.82, 2.24) is 4.90 Å². The molecule has 4 aliphatic rings. The fourth-order valence-corrected chi connectivity index (χ4v) is 8.39. The predicted molar refractivity (Wildman–Crippen MR) is 152 cm³/mol. The minimum Gasteiger partial charge on any atom is -0.507 e. The lowest BCUT2D eigenvalue weighted by molar-refractivity contribution is -0.138. The van der Waals surface area contributed by atoms with Gasteiger partial charge < -0.3 is 5.11 Å². The van der Waals surface area contributed by atoms with Gasteiger partial charge in [-0.25, -0.2) is 0 Å².